The van der Waals surface area contributed by atoms with Crippen LogP contribution >= 0.6 is 23.2 Å². The minimum Gasteiger partial charge on any atom is -0.482 e. The van der Waals surface area contributed by atoms with Gasteiger partial charge in [-0.1, -0.05) is 59.6 Å². The quantitative estimate of drug-likeness (QED) is 0.449. The predicted molar refractivity (Wildman–Crippen MR) is 142 cm³/mol. The molecule has 0 saturated carbocycles. The number of rotatable bonds is 8. The van der Waals surface area contributed by atoms with Crippen molar-refractivity contribution in [2.24, 2.45) is 0 Å². The summed E-state index contributed by atoms with van der Waals surface area (Å²) in [5, 5.41) is 0.803. The lowest BCUT2D eigenvalue weighted by Gasteiger charge is -2.36. The number of hydrogen-bond donors (Lipinski definition) is 1. The Kier molecular flexibility index (Phi) is 8.41. The van der Waals surface area contributed by atoms with Crippen LogP contribution in [-0.4, -0.2) is 52.0 Å². The zero-order chi connectivity index (χ0) is 25.7. The molecule has 1 amide bonds. The average molecular weight is 548 g/mol. The molecule has 36 heavy (non-hydrogen) atoms. The Morgan fingerprint density at radius 2 is 1.69 bits per heavy atom. The number of nitrogens with one attached hydrogen (secondary N) is 1. The Morgan fingerprint density at radius 3 is 2.39 bits per heavy atom. The molecule has 1 aliphatic rings. The molecular formula is C26H27Cl2N3O4S. The summed E-state index contributed by atoms with van der Waals surface area (Å²) >= 11 is 12.4. The lowest BCUT2D eigenvalue weighted by molar-refractivity contribution is -0.133. The maximum atomic E-state index is 12.7. The van der Waals surface area contributed by atoms with Crippen LogP contribution in [-0.2, 0) is 21.4 Å². The smallest absolute Gasteiger partial charge is 0.260 e. The van der Waals surface area contributed by atoms with E-state index in [9.17, 15) is 13.2 Å². The largest absolute Gasteiger partial charge is 0.482 e. The maximum absolute atomic E-state index is 12.7. The van der Waals surface area contributed by atoms with Gasteiger partial charge in [0.1, 0.15) is 5.75 Å². The van der Waals surface area contributed by atoms with Gasteiger partial charge in [0.2, 0.25) is 10.0 Å². The number of ether oxygens (including phenoxy) is 1. The third kappa shape index (κ3) is 6.50. The van der Waals surface area contributed by atoms with Crippen molar-refractivity contribution in [3.8, 4) is 5.75 Å². The van der Waals surface area contributed by atoms with Crippen molar-refractivity contribution in [2.75, 3.05) is 37.7 Å². The fraction of sp³-hybridized carbons (Fsp3) is 0.269. The van der Waals surface area contributed by atoms with Gasteiger partial charge in [-0.25, -0.2) is 13.1 Å². The van der Waals surface area contributed by atoms with Crippen molar-refractivity contribution in [1.29, 1.82) is 0 Å². The highest BCUT2D eigenvalue weighted by molar-refractivity contribution is 7.89. The second-order valence-electron chi connectivity index (χ2n) is 8.49. The van der Waals surface area contributed by atoms with Crippen molar-refractivity contribution >= 4 is 44.8 Å². The van der Waals surface area contributed by atoms with E-state index in [1.54, 1.807) is 4.90 Å². The van der Waals surface area contributed by atoms with Gasteiger partial charge in [0.15, 0.2) is 6.61 Å². The topological polar surface area (TPSA) is 79.0 Å². The summed E-state index contributed by atoms with van der Waals surface area (Å²) in [5.41, 5.74) is 3.05. The third-order valence-corrected chi connectivity index (χ3v) is 7.95. The molecule has 3 aromatic rings. The molecule has 190 valence electrons. The highest BCUT2D eigenvalue weighted by Gasteiger charge is 2.23. The molecule has 0 atom stereocenters. The molecule has 0 unspecified atom stereocenters. The first-order valence-electron chi connectivity index (χ1n) is 11.5. The van der Waals surface area contributed by atoms with Crippen LogP contribution in [0.1, 0.15) is 11.1 Å². The highest BCUT2D eigenvalue weighted by Crippen LogP contribution is 2.28. The monoisotopic (exact) mass is 547 g/mol. The van der Waals surface area contributed by atoms with Gasteiger partial charge in [0.05, 0.1) is 9.92 Å². The van der Waals surface area contributed by atoms with Crippen LogP contribution in [0.25, 0.3) is 0 Å². The zero-order valence-electron chi connectivity index (χ0n) is 19.8. The summed E-state index contributed by atoms with van der Waals surface area (Å²) in [5.74, 6) is 0.0926. The van der Waals surface area contributed by atoms with E-state index in [2.05, 4.69) is 9.62 Å². The van der Waals surface area contributed by atoms with Crippen LogP contribution in [0.4, 0.5) is 5.69 Å². The van der Waals surface area contributed by atoms with E-state index in [0.717, 1.165) is 16.8 Å². The molecule has 3 aromatic carbocycles. The first-order chi connectivity index (χ1) is 17.2. The maximum Gasteiger partial charge on any atom is 0.260 e. The lowest BCUT2D eigenvalue weighted by atomic mass is 10.1. The second-order valence-corrected chi connectivity index (χ2v) is 11.1. The van der Waals surface area contributed by atoms with Crippen LogP contribution in [0.2, 0.25) is 10.0 Å². The summed E-state index contributed by atoms with van der Waals surface area (Å²) in [7, 11) is -3.76. The zero-order valence-corrected chi connectivity index (χ0v) is 22.1. The molecule has 0 radical (unpaired) electrons. The second kappa shape index (κ2) is 11.5. The molecule has 4 rings (SSSR count). The number of sulfonamides is 1. The summed E-state index contributed by atoms with van der Waals surface area (Å²) in [4.78, 5) is 16.7. The van der Waals surface area contributed by atoms with Crippen LogP contribution in [0.5, 0.6) is 5.75 Å². The third-order valence-electron chi connectivity index (χ3n) is 6.02. The number of amides is 1. The number of aryl methyl sites for hydroxylation is 1. The van der Waals surface area contributed by atoms with Crippen molar-refractivity contribution < 1.29 is 17.9 Å². The van der Waals surface area contributed by atoms with Crippen LogP contribution < -0.4 is 14.4 Å². The average Bonchev–Trinajstić information content (AvgIpc) is 2.88. The Balaban J connectivity index is 1.30. The number of carbonyl (C=O) groups excluding carboxylic acids is 1. The molecule has 7 nitrogen and oxygen atoms in total. The molecule has 1 N–H and O–H groups in total. The van der Waals surface area contributed by atoms with Gasteiger partial charge in [0.25, 0.3) is 5.91 Å². The van der Waals surface area contributed by atoms with Crippen molar-refractivity contribution in [3.63, 3.8) is 0 Å². The van der Waals surface area contributed by atoms with Gasteiger partial charge < -0.3 is 14.5 Å². The SMILES string of the molecule is Cc1ccc(Cl)cc1N1CCN(C(=O)COc2ccc(S(=O)(=O)NCc3ccccc3)cc2Cl)CC1. The molecule has 1 fully saturated rings. The summed E-state index contributed by atoms with van der Waals surface area (Å²) in [6.45, 7) is 4.52. The fourth-order valence-electron chi connectivity index (χ4n) is 3.97. The number of carbonyl (C=O) groups is 1. The standard InChI is InChI=1S/C26H27Cl2N3O4S/c1-19-7-8-21(27)15-24(19)30-11-13-31(14-12-30)26(32)18-35-25-10-9-22(16-23(25)28)36(33,34)29-17-20-5-3-2-4-6-20/h2-10,15-16,29H,11-14,17-18H2,1H3. The van der Waals surface area contributed by atoms with E-state index in [-0.39, 0.29) is 34.7 Å². The summed E-state index contributed by atoms with van der Waals surface area (Å²) in [6, 6.07) is 19.2. The Morgan fingerprint density at radius 1 is 0.972 bits per heavy atom. The van der Waals surface area contributed by atoms with Gasteiger partial charge in [-0.2, -0.15) is 0 Å². The molecule has 1 heterocycles. The van der Waals surface area contributed by atoms with Crippen LogP contribution in [0.15, 0.2) is 71.6 Å². The van der Waals surface area contributed by atoms with Gasteiger partial charge in [0, 0.05) is 43.4 Å². The molecular weight excluding hydrogens is 521 g/mol. The fourth-order valence-corrected chi connectivity index (χ4v) is 5.48. The number of hydrogen-bond acceptors (Lipinski definition) is 5. The van der Waals surface area contributed by atoms with E-state index in [4.69, 9.17) is 27.9 Å². The van der Waals surface area contributed by atoms with E-state index in [1.807, 2.05) is 55.5 Å². The number of nitrogens with zero attached hydrogens (tertiary/aromatic N) is 2. The number of benzene rings is 3. The highest BCUT2D eigenvalue weighted by atomic mass is 35.5. The van der Waals surface area contributed by atoms with Gasteiger partial charge in [-0.3, -0.25) is 4.79 Å². The van der Waals surface area contributed by atoms with Crippen LogP contribution in [0, 0.1) is 6.92 Å². The molecule has 0 spiro atoms. The van der Waals surface area contributed by atoms with Crippen LogP contribution in [0.3, 0.4) is 0 Å². The lowest BCUT2D eigenvalue weighted by Crippen LogP contribution is -2.50. The summed E-state index contributed by atoms with van der Waals surface area (Å²) in [6.07, 6.45) is 0. The van der Waals surface area contributed by atoms with Crippen molar-refractivity contribution in [3.05, 3.63) is 87.9 Å². The Bertz CT molecular complexity index is 1330. The predicted octanol–water partition coefficient (Wildman–Crippen LogP) is 4.51. The van der Waals surface area contributed by atoms with Crippen molar-refractivity contribution in [1.82, 2.24) is 9.62 Å². The summed E-state index contributed by atoms with van der Waals surface area (Å²) < 4.78 is 33.4. The minimum atomic E-state index is -3.76. The molecule has 1 aliphatic heterocycles. The Hall–Kier alpha value is -2.78. The van der Waals surface area contributed by atoms with E-state index >= 15 is 0 Å². The molecule has 1 saturated heterocycles. The first kappa shape index (κ1) is 26.3. The van der Waals surface area contributed by atoms with E-state index in [0.29, 0.717) is 31.2 Å². The number of piperazine rings is 1. The Labute approximate surface area is 221 Å². The van der Waals surface area contributed by atoms with Gasteiger partial charge in [-0.15, -0.1) is 0 Å². The minimum absolute atomic E-state index is 0.0227. The molecule has 0 aromatic heterocycles. The molecule has 0 bridgehead atoms. The van der Waals surface area contributed by atoms with Gasteiger partial charge >= 0.3 is 0 Å². The molecule has 0 aliphatic carbocycles. The molecule has 10 heteroatoms. The van der Waals surface area contributed by atoms with E-state index < -0.39 is 10.0 Å². The number of anilines is 1. The first-order valence-corrected chi connectivity index (χ1v) is 13.7. The van der Waals surface area contributed by atoms with E-state index in [1.165, 1.54) is 18.2 Å². The normalized spacial score (nSPS) is 14.1. The van der Waals surface area contributed by atoms with Crippen molar-refractivity contribution in [2.45, 2.75) is 18.4 Å². The number of halogens is 2. The van der Waals surface area contributed by atoms with Gasteiger partial charge in [-0.05, 0) is 48.4 Å².